The Morgan fingerprint density at radius 1 is 1.15 bits per heavy atom. The van der Waals surface area contributed by atoms with Gasteiger partial charge in [-0.15, -0.1) is 0 Å². The summed E-state index contributed by atoms with van der Waals surface area (Å²) in [7, 11) is 1.77. The van der Waals surface area contributed by atoms with Crippen molar-refractivity contribution in [1.29, 1.82) is 0 Å². The topological polar surface area (TPSA) is 78.9 Å². The zero-order valence-corrected chi connectivity index (χ0v) is 15.1. The molecular weight excluding hydrogens is 352 g/mol. The molecule has 134 valence electrons. The van der Waals surface area contributed by atoms with Gasteiger partial charge in [-0.1, -0.05) is 11.6 Å². The van der Waals surface area contributed by atoms with Crippen LogP contribution in [-0.2, 0) is 0 Å². The molecule has 0 amide bonds. The lowest BCUT2D eigenvalue weighted by atomic mass is 10.2. The monoisotopic (exact) mass is 370 g/mol. The number of nitrogens with zero attached hydrogens (tertiary/aromatic N) is 1. The van der Waals surface area contributed by atoms with Crippen molar-refractivity contribution in [3.05, 3.63) is 62.3 Å². The maximum Gasteiger partial charge on any atom is 0.333 e. The second-order valence-corrected chi connectivity index (χ2v) is 6.98. The van der Waals surface area contributed by atoms with Crippen molar-refractivity contribution >= 4 is 33.9 Å². The number of rotatable bonds is 5. The summed E-state index contributed by atoms with van der Waals surface area (Å²) >= 11 is 6.28. The molecule has 2 aromatic carbocycles. The van der Waals surface area contributed by atoms with Crippen LogP contribution in [0.15, 0.2) is 46.0 Å². The molecule has 7 heteroatoms. The quantitative estimate of drug-likeness (QED) is 0.644. The van der Waals surface area contributed by atoms with E-state index in [1.165, 1.54) is 12.8 Å². The second-order valence-electron chi connectivity index (χ2n) is 6.57. The average Bonchev–Trinajstić information content (AvgIpc) is 3.45. The lowest BCUT2D eigenvalue weighted by Crippen LogP contribution is -2.33. The van der Waals surface area contributed by atoms with E-state index in [1.54, 1.807) is 37.4 Å². The van der Waals surface area contributed by atoms with Gasteiger partial charge in [0.05, 0.1) is 21.6 Å². The largest absolute Gasteiger partial charge is 0.388 e. The minimum atomic E-state index is -0.513. The fourth-order valence-corrected chi connectivity index (χ4v) is 3.24. The Bertz CT molecular complexity index is 1100. The van der Waals surface area contributed by atoms with Crippen LogP contribution in [0, 0.1) is 5.92 Å². The molecule has 3 N–H and O–H groups in total. The molecule has 0 bridgehead atoms. The Kier molecular flexibility index (Phi) is 4.20. The zero-order valence-electron chi connectivity index (χ0n) is 14.3. The van der Waals surface area contributed by atoms with Gasteiger partial charge in [0.25, 0.3) is 5.56 Å². The number of anilines is 2. The summed E-state index contributed by atoms with van der Waals surface area (Å²) in [4.78, 5) is 28.2. The van der Waals surface area contributed by atoms with E-state index >= 15 is 0 Å². The number of H-pyrrole nitrogens is 1. The summed E-state index contributed by atoms with van der Waals surface area (Å²) in [5.74, 6) is 0.737. The van der Waals surface area contributed by atoms with Crippen molar-refractivity contribution < 1.29 is 0 Å². The summed E-state index contributed by atoms with van der Waals surface area (Å²) in [6, 6.07) is 10.5. The maximum absolute atomic E-state index is 12.9. The molecule has 4 rings (SSSR count). The molecule has 26 heavy (non-hydrogen) atoms. The second kappa shape index (κ2) is 6.53. The third-order valence-corrected chi connectivity index (χ3v) is 4.97. The van der Waals surface area contributed by atoms with E-state index in [9.17, 15) is 9.59 Å². The molecule has 0 saturated heterocycles. The van der Waals surface area contributed by atoms with Crippen LogP contribution in [-0.4, -0.2) is 23.1 Å². The summed E-state index contributed by atoms with van der Waals surface area (Å²) in [6.07, 6.45) is 2.52. The molecule has 0 spiro atoms. The standard InChI is InChI=1S/C19H19ClN4O2/c1-21-12-5-7-17(15(20)8-12)24-18(25)14-6-4-13(22-10-11-2-3-11)9-16(14)23-19(24)26/h4-9,11,21-22H,2-3,10H2,1H3,(H,23,26). The van der Waals surface area contributed by atoms with E-state index in [2.05, 4.69) is 15.6 Å². The van der Waals surface area contributed by atoms with Crippen LogP contribution in [0.4, 0.5) is 11.4 Å². The van der Waals surface area contributed by atoms with E-state index in [0.717, 1.165) is 28.4 Å². The van der Waals surface area contributed by atoms with Crippen LogP contribution in [0.2, 0.25) is 5.02 Å². The van der Waals surface area contributed by atoms with Crippen LogP contribution in [0.5, 0.6) is 0 Å². The molecule has 3 aromatic rings. The Morgan fingerprint density at radius 2 is 1.92 bits per heavy atom. The van der Waals surface area contributed by atoms with E-state index < -0.39 is 11.2 Å². The number of hydrogen-bond acceptors (Lipinski definition) is 4. The van der Waals surface area contributed by atoms with Gasteiger partial charge in [-0.25, -0.2) is 9.36 Å². The minimum absolute atomic E-state index is 0.325. The van der Waals surface area contributed by atoms with E-state index in [0.29, 0.717) is 21.6 Å². The van der Waals surface area contributed by atoms with Gasteiger partial charge in [0.15, 0.2) is 0 Å². The first-order valence-corrected chi connectivity index (χ1v) is 8.95. The lowest BCUT2D eigenvalue weighted by molar-refractivity contribution is 0.888. The predicted octanol–water partition coefficient (Wildman–Crippen LogP) is 3.20. The van der Waals surface area contributed by atoms with Crippen molar-refractivity contribution in [3.63, 3.8) is 0 Å². The highest BCUT2D eigenvalue weighted by molar-refractivity contribution is 6.32. The van der Waals surface area contributed by atoms with Crippen LogP contribution >= 0.6 is 11.6 Å². The Balaban J connectivity index is 1.80. The zero-order chi connectivity index (χ0) is 18.3. The molecule has 1 aliphatic rings. The fourth-order valence-electron chi connectivity index (χ4n) is 2.97. The molecule has 1 aliphatic carbocycles. The summed E-state index contributed by atoms with van der Waals surface area (Å²) < 4.78 is 1.07. The fraction of sp³-hybridized carbons (Fsp3) is 0.263. The van der Waals surface area contributed by atoms with Gasteiger partial charge >= 0.3 is 5.69 Å². The average molecular weight is 371 g/mol. The van der Waals surface area contributed by atoms with Gasteiger partial charge in [-0.05, 0) is 55.2 Å². The van der Waals surface area contributed by atoms with Gasteiger partial charge in [0, 0.05) is 25.0 Å². The smallest absolute Gasteiger partial charge is 0.333 e. The van der Waals surface area contributed by atoms with Gasteiger partial charge in [0.2, 0.25) is 0 Å². The number of nitrogens with one attached hydrogen (secondary N) is 3. The van der Waals surface area contributed by atoms with Crippen molar-refractivity contribution in [2.75, 3.05) is 24.2 Å². The third-order valence-electron chi connectivity index (χ3n) is 4.67. The molecule has 1 fully saturated rings. The predicted molar refractivity (Wildman–Crippen MR) is 106 cm³/mol. The number of aromatic amines is 1. The molecule has 0 atom stereocenters. The van der Waals surface area contributed by atoms with Crippen LogP contribution in [0.3, 0.4) is 0 Å². The molecule has 0 unspecified atom stereocenters. The van der Waals surface area contributed by atoms with Gasteiger partial charge in [-0.3, -0.25) is 4.79 Å². The van der Waals surface area contributed by atoms with Gasteiger partial charge < -0.3 is 15.6 Å². The number of halogens is 1. The van der Waals surface area contributed by atoms with E-state index in [1.807, 2.05) is 6.07 Å². The molecular formula is C19H19ClN4O2. The number of hydrogen-bond donors (Lipinski definition) is 3. The third kappa shape index (κ3) is 3.08. The molecule has 1 aromatic heterocycles. The summed E-state index contributed by atoms with van der Waals surface area (Å²) in [6.45, 7) is 0.917. The Labute approximate surface area is 154 Å². The van der Waals surface area contributed by atoms with Crippen LogP contribution in [0.1, 0.15) is 12.8 Å². The van der Waals surface area contributed by atoms with Gasteiger partial charge in [-0.2, -0.15) is 0 Å². The Hall–Kier alpha value is -2.73. The normalized spacial score (nSPS) is 13.8. The first-order chi connectivity index (χ1) is 12.6. The molecule has 0 radical (unpaired) electrons. The number of benzene rings is 2. The molecule has 1 saturated carbocycles. The van der Waals surface area contributed by atoms with Crippen molar-refractivity contribution in [2.45, 2.75) is 12.8 Å². The molecule has 0 aliphatic heterocycles. The summed E-state index contributed by atoms with van der Waals surface area (Å²) in [5.41, 5.74) is 1.66. The summed E-state index contributed by atoms with van der Waals surface area (Å²) in [5, 5.41) is 7.08. The van der Waals surface area contributed by atoms with Crippen LogP contribution < -0.4 is 21.9 Å². The minimum Gasteiger partial charge on any atom is -0.388 e. The van der Waals surface area contributed by atoms with E-state index in [-0.39, 0.29) is 0 Å². The SMILES string of the molecule is CNc1ccc(-n2c(=O)[nH]c3cc(NCC4CC4)ccc3c2=O)c(Cl)c1. The lowest BCUT2D eigenvalue weighted by Gasteiger charge is -2.11. The number of aromatic nitrogens is 2. The highest BCUT2D eigenvalue weighted by atomic mass is 35.5. The molecule has 1 heterocycles. The van der Waals surface area contributed by atoms with Gasteiger partial charge in [0.1, 0.15) is 0 Å². The van der Waals surface area contributed by atoms with Crippen LogP contribution in [0.25, 0.3) is 16.6 Å². The Morgan fingerprint density at radius 3 is 2.62 bits per heavy atom. The highest BCUT2D eigenvalue weighted by Gasteiger charge is 2.20. The van der Waals surface area contributed by atoms with E-state index in [4.69, 9.17) is 11.6 Å². The number of fused-ring (bicyclic) bond motifs is 1. The first kappa shape index (κ1) is 16.7. The maximum atomic E-state index is 12.9. The van der Waals surface area contributed by atoms with Crippen molar-refractivity contribution in [2.24, 2.45) is 5.92 Å². The van der Waals surface area contributed by atoms with Crippen molar-refractivity contribution in [1.82, 2.24) is 9.55 Å². The highest BCUT2D eigenvalue weighted by Crippen LogP contribution is 2.29. The molecule has 6 nitrogen and oxygen atoms in total. The van der Waals surface area contributed by atoms with Crippen molar-refractivity contribution in [3.8, 4) is 5.69 Å². The first-order valence-electron chi connectivity index (χ1n) is 8.57.